The molecule has 0 bridgehead atoms. The summed E-state index contributed by atoms with van der Waals surface area (Å²) < 4.78 is 22.9. The molecule has 0 saturated heterocycles. The highest BCUT2D eigenvalue weighted by molar-refractivity contribution is 7.59. The molecule has 0 aliphatic carbocycles. The van der Waals surface area contributed by atoms with Gasteiger partial charge in [0.2, 0.25) is 0 Å². The minimum Gasteiger partial charge on any atom is -0.493 e. The van der Waals surface area contributed by atoms with Crippen LogP contribution in [0.4, 0.5) is 4.79 Å². The Kier molecular flexibility index (Phi) is 14.6. The second-order valence-electron chi connectivity index (χ2n) is 13.2. The highest BCUT2D eigenvalue weighted by Gasteiger charge is 2.23. The van der Waals surface area contributed by atoms with Crippen LogP contribution in [-0.2, 0) is 19.1 Å². The largest absolute Gasteiger partial charge is 0.493 e. The molecule has 0 radical (unpaired) electrons. The van der Waals surface area contributed by atoms with Crippen LogP contribution in [0.15, 0.2) is 72.8 Å². The van der Waals surface area contributed by atoms with Gasteiger partial charge in [-0.15, -0.1) is 0 Å². The summed E-state index contributed by atoms with van der Waals surface area (Å²) in [4.78, 5) is 37.7. The van der Waals surface area contributed by atoms with Crippen molar-refractivity contribution in [1.29, 1.82) is 0 Å². The standard InChI is InChI=1S/C39H48N2O7.H2S/c1-26(2)22-24-46-32-20-18-27-13-7-9-15-29(27)35(32)36-30-16-10-8-14-28(30)19-21-33(36)47-25-34(42)41-31(37(43)45-6)17-11-12-23-40-38(44)48-39(3,4)5;/h7-10,13-16,18-21,26,31H,11-12,17,22-25H2,1-6H3,(H,40,44)(H,41,42);1H2/t31-;/m1./s1. The number of methoxy groups -OCH3 is 1. The van der Waals surface area contributed by atoms with Crippen LogP contribution >= 0.6 is 13.5 Å². The first-order valence-electron chi connectivity index (χ1n) is 16.6. The molecule has 0 spiro atoms. The zero-order chi connectivity index (χ0) is 34.7. The van der Waals surface area contributed by atoms with Crippen LogP contribution in [-0.4, -0.2) is 56.5 Å². The van der Waals surface area contributed by atoms with Gasteiger partial charge >= 0.3 is 12.1 Å². The quantitative estimate of drug-likeness (QED) is 0.0963. The zero-order valence-electron chi connectivity index (χ0n) is 29.4. The van der Waals surface area contributed by atoms with E-state index in [0.29, 0.717) is 44.1 Å². The average molecular weight is 691 g/mol. The molecular weight excluding hydrogens is 641 g/mol. The van der Waals surface area contributed by atoms with E-state index in [0.717, 1.165) is 44.8 Å². The number of hydrogen-bond donors (Lipinski definition) is 2. The Balaban J connectivity index is 0.00000650. The van der Waals surface area contributed by atoms with Gasteiger partial charge in [-0.25, -0.2) is 9.59 Å². The molecule has 1 atom stereocenters. The fourth-order valence-corrected chi connectivity index (χ4v) is 5.41. The lowest BCUT2D eigenvalue weighted by Crippen LogP contribution is -2.43. The topological polar surface area (TPSA) is 112 Å². The first-order chi connectivity index (χ1) is 23.0. The molecule has 4 aromatic rings. The predicted molar refractivity (Wildman–Crippen MR) is 200 cm³/mol. The van der Waals surface area contributed by atoms with Crippen LogP contribution in [0, 0.1) is 5.92 Å². The lowest BCUT2D eigenvalue weighted by atomic mass is 9.92. The number of amides is 2. The molecule has 264 valence electrons. The SMILES string of the molecule is COC(=O)[C@@H](CCCCNC(=O)OC(C)(C)C)NC(=O)COc1ccc2ccccc2c1-c1c(OCCC(C)C)ccc2ccccc12.S. The van der Waals surface area contributed by atoms with E-state index in [9.17, 15) is 14.4 Å². The third-order valence-electron chi connectivity index (χ3n) is 7.75. The van der Waals surface area contributed by atoms with Crippen molar-refractivity contribution in [3.05, 3.63) is 72.8 Å². The summed E-state index contributed by atoms with van der Waals surface area (Å²) in [7, 11) is 1.29. The van der Waals surface area contributed by atoms with Crippen molar-refractivity contribution in [3.63, 3.8) is 0 Å². The summed E-state index contributed by atoms with van der Waals surface area (Å²) in [6.07, 6.45) is 1.90. The van der Waals surface area contributed by atoms with Crippen molar-refractivity contribution in [2.24, 2.45) is 5.92 Å². The van der Waals surface area contributed by atoms with Gasteiger partial charge in [-0.3, -0.25) is 4.79 Å². The van der Waals surface area contributed by atoms with Crippen molar-refractivity contribution in [2.75, 3.05) is 26.9 Å². The number of ether oxygens (including phenoxy) is 4. The van der Waals surface area contributed by atoms with Crippen molar-refractivity contribution in [2.45, 2.75) is 71.9 Å². The van der Waals surface area contributed by atoms with Gasteiger partial charge < -0.3 is 29.6 Å². The number of fused-ring (bicyclic) bond motifs is 2. The minimum absolute atomic E-state index is 0. The van der Waals surface area contributed by atoms with Crippen LogP contribution in [0.25, 0.3) is 32.7 Å². The number of carbonyl (C=O) groups excluding carboxylic acids is 3. The lowest BCUT2D eigenvalue weighted by Gasteiger charge is -2.21. The normalized spacial score (nSPS) is 11.8. The minimum atomic E-state index is -0.859. The van der Waals surface area contributed by atoms with E-state index in [1.165, 1.54) is 7.11 Å². The van der Waals surface area contributed by atoms with Gasteiger partial charge in [-0.1, -0.05) is 74.5 Å². The maximum absolute atomic E-state index is 13.2. The Hall–Kier alpha value is -4.44. The van der Waals surface area contributed by atoms with Gasteiger partial charge in [0.15, 0.2) is 6.61 Å². The molecule has 4 aromatic carbocycles. The number of carbonyl (C=O) groups is 3. The first-order valence-corrected chi connectivity index (χ1v) is 16.6. The average Bonchev–Trinajstić information content (AvgIpc) is 3.05. The van der Waals surface area contributed by atoms with Gasteiger partial charge in [0.25, 0.3) is 5.91 Å². The Morgan fingerprint density at radius 1 is 0.755 bits per heavy atom. The van der Waals surface area contributed by atoms with Gasteiger partial charge in [-0.2, -0.15) is 13.5 Å². The maximum atomic E-state index is 13.2. The van der Waals surface area contributed by atoms with Crippen LogP contribution < -0.4 is 20.1 Å². The Morgan fingerprint density at radius 2 is 1.33 bits per heavy atom. The third kappa shape index (κ3) is 11.3. The van der Waals surface area contributed by atoms with E-state index in [-0.39, 0.29) is 20.1 Å². The fourth-order valence-electron chi connectivity index (χ4n) is 5.41. The summed E-state index contributed by atoms with van der Waals surface area (Å²) in [5.41, 5.74) is 1.15. The van der Waals surface area contributed by atoms with Crippen LogP contribution in [0.2, 0.25) is 0 Å². The van der Waals surface area contributed by atoms with Gasteiger partial charge in [0.1, 0.15) is 23.1 Å². The molecule has 0 aliphatic heterocycles. The number of nitrogens with one attached hydrogen (secondary N) is 2. The number of unbranched alkanes of at least 4 members (excludes halogenated alkanes) is 1. The molecule has 2 N–H and O–H groups in total. The molecule has 0 aliphatic rings. The number of alkyl carbamates (subject to hydrolysis) is 1. The summed E-state index contributed by atoms with van der Waals surface area (Å²) in [5.74, 6) is 0.756. The molecule has 0 heterocycles. The van der Waals surface area contributed by atoms with Crippen molar-refractivity contribution < 1.29 is 33.3 Å². The third-order valence-corrected chi connectivity index (χ3v) is 7.75. The molecule has 0 aromatic heterocycles. The smallest absolute Gasteiger partial charge is 0.407 e. The van der Waals surface area contributed by atoms with Crippen molar-refractivity contribution in [1.82, 2.24) is 10.6 Å². The molecule has 0 fully saturated rings. The van der Waals surface area contributed by atoms with E-state index >= 15 is 0 Å². The van der Waals surface area contributed by atoms with E-state index in [4.69, 9.17) is 18.9 Å². The second-order valence-corrected chi connectivity index (χ2v) is 13.2. The molecule has 0 saturated carbocycles. The van der Waals surface area contributed by atoms with Crippen LogP contribution in [0.3, 0.4) is 0 Å². The van der Waals surface area contributed by atoms with Crippen molar-refractivity contribution in [3.8, 4) is 22.6 Å². The molecular formula is C39H50N2O7S. The first kappa shape index (κ1) is 39.0. The number of hydrogen-bond acceptors (Lipinski definition) is 7. The molecule has 4 rings (SSSR count). The van der Waals surface area contributed by atoms with Gasteiger partial charge in [-0.05, 0) is 86.1 Å². The summed E-state index contributed by atoms with van der Waals surface area (Å²) in [6, 6.07) is 23.3. The molecule has 2 amide bonds. The summed E-state index contributed by atoms with van der Waals surface area (Å²) in [6.45, 7) is 10.4. The van der Waals surface area contributed by atoms with Crippen LogP contribution in [0.5, 0.6) is 11.5 Å². The fraction of sp³-hybridized carbons (Fsp3) is 0.410. The van der Waals surface area contributed by atoms with E-state index in [1.54, 1.807) is 20.8 Å². The monoisotopic (exact) mass is 690 g/mol. The van der Waals surface area contributed by atoms with E-state index in [2.05, 4.69) is 42.7 Å². The predicted octanol–water partition coefficient (Wildman–Crippen LogP) is 7.93. The van der Waals surface area contributed by atoms with E-state index in [1.807, 2.05) is 54.6 Å². The lowest BCUT2D eigenvalue weighted by molar-refractivity contribution is -0.145. The Morgan fingerprint density at radius 3 is 1.88 bits per heavy atom. The maximum Gasteiger partial charge on any atom is 0.407 e. The number of rotatable bonds is 15. The highest BCUT2D eigenvalue weighted by Crippen LogP contribution is 2.45. The second kappa shape index (κ2) is 18.4. The Bertz CT molecular complexity index is 1720. The summed E-state index contributed by atoms with van der Waals surface area (Å²) in [5, 5.41) is 9.53. The van der Waals surface area contributed by atoms with Crippen LogP contribution in [0.1, 0.15) is 60.3 Å². The Labute approximate surface area is 296 Å². The zero-order valence-corrected chi connectivity index (χ0v) is 30.4. The van der Waals surface area contributed by atoms with Gasteiger partial charge in [0, 0.05) is 17.7 Å². The molecule has 0 unspecified atom stereocenters. The summed E-state index contributed by atoms with van der Waals surface area (Å²) >= 11 is 0. The highest BCUT2D eigenvalue weighted by atomic mass is 32.1. The molecule has 49 heavy (non-hydrogen) atoms. The van der Waals surface area contributed by atoms with Crippen molar-refractivity contribution >= 4 is 53.0 Å². The number of esters is 1. The molecule has 9 nitrogen and oxygen atoms in total. The number of benzene rings is 4. The van der Waals surface area contributed by atoms with E-state index < -0.39 is 29.6 Å². The van der Waals surface area contributed by atoms with Gasteiger partial charge in [0.05, 0.1) is 13.7 Å². The molecule has 10 heteroatoms.